The molecule has 19 heavy (non-hydrogen) atoms. The van der Waals surface area contributed by atoms with Crippen molar-refractivity contribution >= 4 is 21.6 Å². The lowest BCUT2D eigenvalue weighted by atomic mass is 10.1. The summed E-state index contributed by atoms with van der Waals surface area (Å²) in [6, 6.07) is 11.7. The predicted molar refractivity (Wildman–Crippen MR) is 74.2 cm³/mol. The first-order valence-electron chi connectivity index (χ1n) is 5.73. The van der Waals surface area contributed by atoms with Crippen LogP contribution in [0.3, 0.4) is 0 Å². The fourth-order valence-electron chi connectivity index (χ4n) is 2.10. The number of imidazole rings is 1. The standard InChI is InChI=1S/C14H10BrFN2O/c15-12-2-1-3-13-17-14(11(8-19)18(12)13)9-4-6-10(16)7-5-9/h1-7,19H,8H2. The Balaban J connectivity index is 2.29. The van der Waals surface area contributed by atoms with E-state index in [9.17, 15) is 9.50 Å². The molecule has 5 heteroatoms. The van der Waals surface area contributed by atoms with Gasteiger partial charge in [0.1, 0.15) is 11.5 Å². The molecule has 0 bridgehead atoms. The van der Waals surface area contributed by atoms with Gasteiger partial charge in [-0.15, -0.1) is 0 Å². The highest BCUT2D eigenvalue weighted by Crippen LogP contribution is 2.27. The molecule has 0 radical (unpaired) electrons. The smallest absolute Gasteiger partial charge is 0.138 e. The Kier molecular flexibility index (Phi) is 3.08. The van der Waals surface area contributed by atoms with E-state index in [0.29, 0.717) is 11.4 Å². The van der Waals surface area contributed by atoms with Crippen LogP contribution in [0.2, 0.25) is 0 Å². The molecule has 0 amide bonds. The predicted octanol–water partition coefficient (Wildman–Crippen LogP) is 3.40. The molecule has 2 aromatic heterocycles. The molecule has 0 atom stereocenters. The van der Waals surface area contributed by atoms with Gasteiger partial charge in [-0.1, -0.05) is 6.07 Å². The molecular weight excluding hydrogens is 311 g/mol. The molecule has 0 fully saturated rings. The topological polar surface area (TPSA) is 37.5 Å². The van der Waals surface area contributed by atoms with Crippen LogP contribution in [0, 0.1) is 5.82 Å². The summed E-state index contributed by atoms with van der Waals surface area (Å²) in [7, 11) is 0. The van der Waals surface area contributed by atoms with Crippen LogP contribution in [0.25, 0.3) is 16.9 Å². The number of aliphatic hydroxyl groups is 1. The van der Waals surface area contributed by atoms with Crippen LogP contribution in [-0.4, -0.2) is 14.5 Å². The van der Waals surface area contributed by atoms with Gasteiger partial charge in [-0.3, -0.25) is 4.40 Å². The Morgan fingerprint density at radius 1 is 1.16 bits per heavy atom. The molecule has 3 aromatic rings. The van der Waals surface area contributed by atoms with Gasteiger partial charge in [0, 0.05) is 5.56 Å². The molecular formula is C14H10BrFN2O. The van der Waals surface area contributed by atoms with Crippen molar-refractivity contribution in [2.24, 2.45) is 0 Å². The first-order chi connectivity index (χ1) is 9.20. The molecule has 0 aliphatic heterocycles. The van der Waals surface area contributed by atoms with Crippen LogP contribution in [0.1, 0.15) is 5.69 Å². The van der Waals surface area contributed by atoms with E-state index in [-0.39, 0.29) is 12.4 Å². The molecule has 0 saturated heterocycles. The normalized spacial score (nSPS) is 11.1. The zero-order chi connectivity index (χ0) is 13.4. The minimum absolute atomic E-state index is 0.142. The van der Waals surface area contributed by atoms with Crippen molar-refractivity contribution in [2.45, 2.75) is 6.61 Å². The van der Waals surface area contributed by atoms with Gasteiger partial charge in [0.25, 0.3) is 0 Å². The lowest BCUT2D eigenvalue weighted by Crippen LogP contribution is -1.95. The molecule has 3 nitrogen and oxygen atoms in total. The molecule has 3 rings (SSSR count). The van der Waals surface area contributed by atoms with E-state index in [1.807, 2.05) is 22.6 Å². The van der Waals surface area contributed by atoms with Crippen LogP contribution in [0.5, 0.6) is 0 Å². The van der Waals surface area contributed by atoms with Gasteiger partial charge < -0.3 is 5.11 Å². The van der Waals surface area contributed by atoms with Crippen LogP contribution in [0.4, 0.5) is 4.39 Å². The second kappa shape index (κ2) is 4.75. The van der Waals surface area contributed by atoms with Crippen molar-refractivity contribution in [1.82, 2.24) is 9.38 Å². The van der Waals surface area contributed by atoms with E-state index in [1.54, 1.807) is 12.1 Å². The third-order valence-corrected chi connectivity index (χ3v) is 3.58. The maximum Gasteiger partial charge on any atom is 0.138 e. The summed E-state index contributed by atoms with van der Waals surface area (Å²) in [5, 5.41) is 9.59. The summed E-state index contributed by atoms with van der Waals surface area (Å²) in [4.78, 5) is 4.49. The van der Waals surface area contributed by atoms with Crippen molar-refractivity contribution in [2.75, 3.05) is 0 Å². The van der Waals surface area contributed by atoms with Gasteiger partial charge in [-0.2, -0.15) is 0 Å². The Labute approximate surface area is 117 Å². The van der Waals surface area contributed by atoms with E-state index in [2.05, 4.69) is 20.9 Å². The van der Waals surface area contributed by atoms with Crippen LogP contribution in [-0.2, 0) is 6.61 Å². The highest BCUT2D eigenvalue weighted by atomic mass is 79.9. The van der Waals surface area contributed by atoms with Crippen molar-refractivity contribution < 1.29 is 9.50 Å². The van der Waals surface area contributed by atoms with E-state index >= 15 is 0 Å². The molecule has 0 aliphatic rings. The lowest BCUT2D eigenvalue weighted by molar-refractivity contribution is 0.276. The number of hydrogen-bond donors (Lipinski definition) is 1. The number of pyridine rings is 1. The van der Waals surface area contributed by atoms with E-state index in [4.69, 9.17) is 0 Å². The third-order valence-electron chi connectivity index (χ3n) is 2.96. The number of fused-ring (bicyclic) bond motifs is 1. The highest BCUT2D eigenvalue weighted by Gasteiger charge is 2.14. The highest BCUT2D eigenvalue weighted by molar-refractivity contribution is 9.10. The molecule has 0 aliphatic carbocycles. The maximum absolute atomic E-state index is 13.0. The third kappa shape index (κ3) is 2.05. The quantitative estimate of drug-likeness (QED) is 0.735. The van der Waals surface area contributed by atoms with E-state index in [0.717, 1.165) is 15.8 Å². The second-order valence-electron chi connectivity index (χ2n) is 4.11. The largest absolute Gasteiger partial charge is 0.390 e. The fraction of sp³-hybridized carbons (Fsp3) is 0.0714. The van der Waals surface area contributed by atoms with Gasteiger partial charge in [-0.05, 0) is 52.3 Å². The van der Waals surface area contributed by atoms with Crippen molar-refractivity contribution in [1.29, 1.82) is 0 Å². The summed E-state index contributed by atoms with van der Waals surface area (Å²) < 4.78 is 15.6. The summed E-state index contributed by atoms with van der Waals surface area (Å²) in [6.07, 6.45) is 0. The average molecular weight is 321 g/mol. The number of benzene rings is 1. The Morgan fingerprint density at radius 2 is 1.89 bits per heavy atom. The average Bonchev–Trinajstić information content (AvgIpc) is 2.79. The molecule has 0 spiro atoms. The zero-order valence-electron chi connectivity index (χ0n) is 9.85. The molecule has 0 unspecified atom stereocenters. The number of aliphatic hydroxyl groups excluding tert-OH is 1. The van der Waals surface area contributed by atoms with E-state index < -0.39 is 0 Å². The van der Waals surface area contributed by atoms with Gasteiger partial charge in [0.05, 0.1) is 22.6 Å². The van der Waals surface area contributed by atoms with Crippen LogP contribution >= 0.6 is 15.9 Å². The van der Waals surface area contributed by atoms with Gasteiger partial charge in [-0.25, -0.2) is 9.37 Å². The number of aromatic nitrogens is 2. The lowest BCUT2D eigenvalue weighted by Gasteiger charge is -2.03. The van der Waals surface area contributed by atoms with Gasteiger partial charge >= 0.3 is 0 Å². The first kappa shape index (κ1) is 12.3. The Morgan fingerprint density at radius 3 is 2.58 bits per heavy atom. The summed E-state index contributed by atoms with van der Waals surface area (Å²) in [5.74, 6) is -0.292. The number of nitrogens with zero attached hydrogens (tertiary/aromatic N) is 2. The number of halogens is 2. The molecule has 2 heterocycles. The van der Waals surface area contributed by atoms with Crippen molar-refractivity contribution in [3.8, 4) is 11.3 Å². The maximum atomic E-state index is 13.0. The molecule has 0 saturated carbocycles. The summed E-state index contributed by atoms with van der Waals surface area (Å²) in [6.45, 7) is -0.142. The Bertz CT molecular complexity index is 737. The summed E-state index contributed by atoms with van der Waals surface area (Å²) in [5.41, 5.74) is 2.85. The van der Waals surface area contributed by atoms with E-state index in [1.165, 1.54) is 12.1 Å². The molecule has 1 N–H and O–H groups in total. The zero-order valence-corrected chi connectivity index (χ0v) is 11.4. The minimum atomic E-state index is -0.292. The van der Waals surface area contributed by atoms with Gasteiger partial charge in [0.2, 0.25) is 0 Å². The molecule has 96 valence electrons. The van der Waals surface area contributed by atoms with Crippen LogP contribution < -0.4 is 0 Å². The van der Waals surface area contributed by atoms with Gasteiger partial charge in [0.15, 0.2) is 0 Å². The Hall–Kier alpha value is -1.72. The van der Waals surface area contributed by atoms with Crippen molar-refractivity contribution in [3.05, 3.63) is 58.6 Å². The fourth-order valence-corrected chi connectivity index (χ4v) is 2.64. The SMILES string of the molecule is OCc1c(-c2ccc(F)cc2)nc2cccc(Br)n12. The van der Waals surface area contributed by atoms with Crippen LogP contribution in [0.15, 0.2) is 47.1 Å². The summed E-state index contributed by atoms with van der Waals surface area (Å²) >= 11 is 3.44. The minimum Gasteiger partial charge on any atom is -0.390 e. The number of hydrogen-bond acceptors (Lipinski definition) is 2. The first-order valence-corrected chi connectivity index (χ1v) is 6.52. The monoisotopic (exact) mass is 320 g/mol. The number of rotatable bonds is 2. The molecule has 1 aromatic carbocycles. The van der Waals surface area contributed by atoms with Crippen molar-refractivity contribution in [3.63, 3.8) is 0 Å². The second-order valence-corrected chi connectivity index (χ2v) is 4.93.